The van der Waals surface area contributed by atoms with Crippen LogP contribution in [0.4, 0.5) is 0 Å². The van der Waals surface area contributed by atoms with Gasteiger partial charge in [0.25, 0.3) is 0 Å². The first kappa shape index (κ1) is 19.2. The number of aromatic nitrogens is 2. The molecule has 2 rings (SSSR count). The number of amides is 1. The van der Waals surface area contributed by atoms with Crippen LogP contribution in [0.2, 0.25) is 0 Å². The summed E-state index contributed by atoms with van der Waals surface area (Å²) in [5, 5.41) is 4.20. The highest BCUT2D eigenvalue weighted by Crippen LogP contribution is 2.27. The summed E-state index contributed by atoms with van der Waals surface area (Å²) in [5.41, 5.74) is 6.94. The van der Waals surface area contributed by atoms with E-state index < -0.39 is 0 Å². The lowest BCUT2D eigenvalue weighted by Crippen LogP contribution is -2.40. The first-order chi connectivity index (χ1) is 8.58. The molecule has 0 saturated carbocycles. The predicted octanol–water partition coefficient (Wildman–Crippen LogP) is 1.71. The average molecular weight is 323 g/mol. The molecule has 0 spiro atoms. The number of rotatable bonds is 3. The second-order valence-corrected chi connectivity index (χ2v) is 5.22. The molecule has 1 fully saturated rings. The van der Waals surface area contributed by atoms with Gasteiger partial charge in [-0.3, -0.25) is 9.48 Å². The van der Waals surface area contributed by atoms with Crippen molar-refractivity contribution in [1.29, 1.82) is 0 Å². The second-order valence-electron chi connectivity index (χ2n) is 5.22. The SMILES string of the molecule is CC(N)CC(=O)N1CCC(c2ccnn2C)CC1.Cl.Cl. The van der Waals surface area contributed by atoms with Crippen molar-refractivity contribution in [1.82, 2.24) is 14.7 Å². The van der Waals surface area contributed by atoms with Crippen LogP contribution in [0.15, 0.2) is 12.3 Å². The Bertz CT molecular complexity index is 414. The molecule has 116 valence electrons. The zero-order chi connectivity index (χ0) is 13.1. The molecule has 2 N–H and O–H groups in total. The largest absolute Gasteiger partial charge is 0.343 e. The van der Waals surface area contributed by atoms with Crippen molar-refractivity contribution in [3.63, 3.8) is 0 Å². The van der Waals surface area contributed by atoms with Gasteiger partial charge in [-0.25, -0.2) is 0 Å². The van der Waals surface area contributed by atoms with Gasteiger partial charge in [0, 0.05) is 50.4 Å². The molecule has 1 unspecified atom stereocenters. The maximum Gasteiger partial charge on any atom is 0.224 e. The third-order valence-electron chi connectivity index (χ3n) is 3.62. The summed E-state index contributed by atoms with van der Waals surface area (Å²) in [4.78, 5) is 13.8. The Kier molecular flexibility index (Phi) is 8.16. The highest BCUT2D eigenvalue weighted by molar-refractivity contribution is 5.85. The van der Waals surface area contributed by atoms with Crippen LogP contribution in [0.25, 0.3) is 0 Å². The van der Waals surface area contributed by atoms with E-state index in [4.69, 9.17) is 5.73 Å². The van der Waals surface area contributed by atoms with E-state index in [0.717, 1.165) is 25.9 Å². The number of hydrogen-bond acceptors (Lipinski definition) is 3. The van der Waals surface area contributed by atoms with Crippen LogP contribution in [0.3, 0.4) is 0 Å². The number of nitrogens with two attached hydrogens (primary N) is 1. The van der Waals surface area contributed by atoms with Gasteiger partial charge in [-0.15, -0.1) is 24.8 Å². The predicted molar refractivity (Wildman–Crippen MR) is 84.5 cm³/mol. The maximum atomic E-state index is 11.9. The van der Waals surface area contributed by atoms with Gasteiger partial charge in [0.05, 0.1) is 0 Å². The number of nitrogens with zero attached hydrogens (tertiary/aromatic N) is 3. The molecule has 7 heteroatoms. The molecule has 1 aromatic rings. The van der Waals surface area contributed by atoms with Crippen LogP contribution in [0.1, 0.15) is 37.8 Å². The Balaban J connectivity index is 0.00000180. The molecule has 5 nitrogen and oxygen atoms in total. The minimum Gasteiger partial charge on any atom is -0.343 e. The van der Waals surface area contributed by atoms with Crippen molar-refractivity contribution in [3.05, 3.63) is 18.0 Å². The van der Waals surface area contributed by atoms with Crippen molar-refractivity contribution in [2.24, 2.45) is 12.8 Å². The highest BCUT2D eigenvalue weighted by atomic mass is 35.5. The number of carbonyl (C=O) groups excluding carboxylic acids is 1. The van der Waals surface area contributed by atoms with Crippen molar-refractivity contribution < 1.29 is 4.79 Å². The third kappa shape index (κ3) is 4.65. The molecule has 1 amide bonds. The van der Waals surface area contributed by atoms with E-state index in [1.54, 1.807) is 0 Å². The van der Waals surface area contributed by atoms with Crippen molar-refractivity contribution in [2.45, 2.75) is 38.1 Å². The molecule has 1 atom stereocenters. The number of piperidine rings is 1. The standard InChI is InChI=1S/C13H22N4O.2ClH/c1-10(14)9-13(18)17-7-4-11(5-8-17)12-3-6-15-16(12)2;;/h3,6,10-11H,4-5,7-9,14H2,1-2H3;2*1H. The van der Waals surface area contributed by atoms with Crippen LogP contribution in [0.5, 0.6) is 0 Å². The van der Waals surface area contributed by atoms with E-state index >= 15 is 0 Å². The topological polar surface area (TPSA) is 64.2 Å². The molecule has 0 aliphatic carbocycles. The minimum absolute atomic E-state index is 0. The Hall–Kier alpha value is -0.780. The molecule has 0 bridgehead atoms. The molecule has 2 heterocycles. The molecule has 1 aromatic heterocycles. The van der Waals surface area contributed by atoms with Crippen LogP contribution in [-0.2, 0) is 11.8 Å². The van der Waals surface area contributed by atoms with E-state index in [0.29, 0.717) is 12.3 Å². The molecule has 20 heavy (non-hydrogen) atoms. The highest BCUT2D eigenvalue weighted by Gasteiger charge is 2.25. The minimum atomic E-state index is -0.0488. The van der Waals surface area contributed by atoms with Gasteiger partial charge < -0.3 is 10.6 Å². The van der Waals surface area contributed by atoms with Crippen molar-refractivity contribution >= 4 is 30.7 Å². The zero-order valence-corrected chi connectivity index (χ0v) is 13.6. The smallest absolute Gasteiger partial charge is 0.224 e. The molecule has 1 aliphatic rings. The van der Waals surface area contributed by atoms with E-state index in [1.807, 2.05) is 29.7 Å². The third-order valence-corrected chi connectivity index (χ3v) is 3.62. The van der Waals surface area contributed by atoms with Crippen LogP contribution in [0, 0.1) is 0 Å². The van der Waals surface area contributed by atoms with Gasteiger partial charge in [0.15, 0.2) is 0 Å². The summed E-state index contributed by atoms with van der Waals surface area (Å²) >= 11 is 0. The van der Waals surface area contributed by atoms with Crippen molar-refractivity contribution in [3.8, 4) is 0 Å². The summed E-state index contributed by atoms with van der Waals surface area (Å²) in [5.74, 6) is 0.713. The van der Waals surface area contributed by atoms with Gasteiger partial charge in [0.2, 0.25) is 5.91 Å². The molecular weight excluding hydrogens is 299 g/mol. The monoisotopic (exact) mass is 322 g/mol. The molecule has 1 saturated heterocycles. The first-order valence-electron chi connectivity index (χ1n) is 6.59. The van der Waals surface area contributed by atoms with E-state index in [2.05, 4.69) is 11.2 Å². The molecular formula is C13H24Cl2N4O. The van der Waals surface area contributed by atoms with E-state index in [1.165, 1.54) is 5.69 Å². The lowest BCUT2D eigenvalue weighted by atomic mass is 9.93. The summed E-state index contributed by atoms with van der Waals surface area (Å²) in [6.07, 6.45) is 4.33. The lowest BCUT2D eigenvalue weighted by molar-refractivity contribution is -0.132. The fourth-order valence-corrected chi connectivity index (χ4v) is 2.61. The number of carbonyl (C=O) groups is 1. The normalized spacial score (nSPS) is 17.1. The summed E-state index contributed by atoms with van der Waals surface area (Å²) < 4.78 is 1.93. The van der Waals surface area contributed by atoms with Crippen LogP contribution < -0.4 is 5.73 Å². The lowest BCUT2D eigenvalue weighted by Gasteiger charge is -2.32. The fourth-order valence-electron chi connectivity index (χ4n) is 2.61. The zero-order valence-electron chi connectivity index (χ0n) is 12.0. The summed E-state index contributed by atoms with van der Waals surface area (Å²) in [7, 11) is 1.98. The average Bonchev–Trinajstić information content (AvgIpc) is 2.75. The van der Waals surface area contributed by atoms with Gasteiger partial charge in [-0.05, 0) is 25.8 Å². The first-order valence-corrected chi connectivity index (χ1v) is 6.59. The van der Waals surface area contributed by atoms with Gasteiger partial charge in [-0.1, -0.05) is 0 Å². The quantitative estimate of drug-likeness (QED) is 0.921. The molecule has 1 aliphatic heterocycles. The maximum absolute atomic E-state index is 11.9. The number of aryl methyl sites for hydroxylation is 1. The van der Waals surface area contributed by atoms with E-state index in [9.17, 15) is 4.79 Å². The summed E-state index contributed by atoms with van der Waals surface area (Å²) in [6.45, 7) is 3.54. The number of halogens is 2. The van der Waals surface area contributed by atoms with Gasteiger partial charge in [-0.2, -0.15) is 5.10 Å². The second kappa shape index (κ2) is 8.49. The Morgan fingerprint density at radius 1 is 1.45 bits per heavy atom. The number of likely N-dealkylation sites (tertiary alicyclic amines) is 1. The van der Waals surface area contributed by atoms with Gasteiger partial charge in [0.1, 0.15) is 0 Å². The fraction of sp³-hybridized carbons (Fsp3) is 0.692. The van der Waals surface area contributed by atoms with Crippen LogP contribution >= 0.6 is 24.8 Å². The van der Waals surface area contributed by atoms with Crippen molar-refractivity contribution in [2.75, 3.05) is 13.1 Å². The number of hydrogen-bond donors (Lipinski definition) is 1. The Morgan fingerprint density at radius 3 is 2.50 bits per heavy atom. The Labute approximate surface area is 132 Å². The Morgan fingerprint density at radius 2 is 2.05 bits per heavy atom. The molecule has 0 radical (unpaired) electrons. The van der Waals surface area contributed by atoms with E-state index in [-0.39, 0.29) is 36.8 Å². The summed E-state index contributed by atoms with van der Waals surface area (Å²) in [6, 6.07) is 2.02. The van der Waals surface area contributed by atoms with Gasteiger partial charge >= 0.3 is 0 Å². The molecule has 0 aromatic carbocycles. The van der Waals surface area contributed by atoms with Crippen LogP contribution in [-0.4, -0.2) is 39.7 Å².